The van der Waals surface area contributed by atoms with Crippen molar-refractivity contribution in [3.05, 3.63) is 69.6 Å². The second kappa shape index (κ2) is 12.4. The van der Waals surface area contributed by atoms with Gasteiger partial charge < -0.3 is 20.3 Å². The van der Waals surface area contributed by atoms with Gasteiger partial charge in [-0.3, -0.25) is 4.79 Å². The van der Waals surface area contributed by atoms with Gasteiger partial charge in [0.25, 0.3) is 5.91 Å². The number of methoxy groups -OCH3 is 1. The van der Waals surface area contributed by atoms with Crippen molar-refractivity contribution in [2.75, 3.05) is 30.8 Å². The number of anilines is 2. The molecule has 3 rings (SSSR count). The van der Waals surface area contributed by atoms with E-state index in [2.05, 4.69) is 10.6 Å². The van der Waals surface area contributed by atoms with E-state index in [9.17, 15) is 9.59 Å². The number of nitrogens with one attached hydrogen (secondary N) is 2. The van der Waals surface area contributed by atoms with Crippen LogP contribution in [-0.2, 0) is 4.74 Å². The van der Waals surface area contributed by atoms with Gasteiger partial charge in [-0.05, 0) is 75.0 Å². The van der Waals surface area contributed by atoms with Crippen molar-refractivity contribution in [1.82, 2.24) is 4.90 Å². The topological polar surface area (TPSA) is 70.7 Å². The summed E-state index contributed by atoms with van der Waals surface area (Å²) in [6.07, 6.45) is 0. The highest BCUT2D eigenvalue weighted by molar-refractivity contribution is 7.99. The second-order valence-corrected chi connectivity index (χ2v) is 10.3. The molecule has 0 saturated heterocycles. The zero-order valence-corrected chi connectivity index (χ0v) is 23.0. The van der Waals surface area contributed by atoms with E-state index in [0.717, 1.165) is 15.5 Å². The van der Waals surface area contributed by atoms with Crippen molar-refractivity contribution in [3.8, 4) is 0 Å². The van der Waals surface area contributed by atoms with Crippen LogP contribution in [0.4, 0.5) is 10.7 Å². The van der Waals surface area contributed by atoms with Gasteiger partial charge in [-0.15, -0.1) is 11.3 Å². The van der Waals surface area contributed by atoms with Gasteiger partial charge in [-0.1, -0.05) is 35.5 Å². The van der Waals surface area contributed by atoms with E-state index in [1.807, 2.05) is 62.4 Å². The quantitative estimate of drug-likeness (QED) is 0.234. The summed E-state index contributed by atoms with van der Waals surface area (Å²) in [4.78, 5) is 29.8. The van der Waals surface area contributed by atoms with Crippen LogP contribution in [0.1, 0.15) is 39.4 Å². The van der Waals surface area contributed by atoms with Gasteiger partial charge in [0.05, 0.1) is 23.2 Å². The molecule has 3 aromatic rings. The second-order valence-electron chi connectivity index (χ2n) is 7.36. The lowest BCUT2D eigenvalue weighted by atomic mass is 10.1. The molecule has 1 heterocycles. The average Bonchev–Trinajstić information content (AvgIpc) is 3.17. The van der Waals surface area contributed by atoms with Gasteiger partial charge in [-0.25, -0.2) is 4.79 Å². The van der Waals surface area contributed by atoms with Crippen LogP contribution in [0, 0.1) is 6.92 Å². The van der Waals surface area contributed by atoms with Crippen LogP contribution in [0.2, 0.25) is 5.02 Å². The number of ether oxygens (including phenoxy) is 1. The summed E-state index contributed by atoms with van der Waals surface area (Å²) >= 11 is 14.3. The Balaban J connectivity index is 1.85. The molecule has 2 N–H and O–H groups in total. The molecule has 6 nitrogen and oxygen atoms in total. The number of para-hydroxylation sites is 1. The van der Waals surface area contributed by atoms with Crippen LogP contribution in [-0.4, -0.2) is 42.1 Å². The van der Waals surface area contributed by atoms with Crippen LogP contribution < -0.4 is 10.6 Å². The Morgan fingerprint density at radius 2 is 1.74 bits per heavy atom. The molecule has 0 saturated carbocycles. The summed E-state index contributed by atoms with van der Waals surface area (Å²) in [6.45, 7) is 6.74. The third-order valence-corrected chi connectivity index (χ3v) is 7.92. The van der Waals surface area contributed by atoms with E-state index in [0.29, 0.717) is 44.2 Å². The van der Waals surface area contributed by atoms with Crippen LogP contribution >= 0.6 is 46.9 Å². The summed E-state index contributed by atoms with van der Waals surface area (Å²) in [5.41, 5.74) is 1.68. The van der Waals surface area contributed by atoms with Gasteiger partial charge in [0.15, 0.2) is 5.11 Å². The lowest BCUT2D eigenvalue weighted by molar-refractivity contribution is 0.0601. The number of hydrogen-bond donors (Lipinski definition) is 2. The largest absolute Gasteiger partial charge is 0.465 e. The molecule has 0 unspecified atom stereocenters. The molecule has 0 fully saturated rings. The molecule has 0 aliphatic heterocycles. The number of benzene rings is 2. The molecule has 2 aromatic carbocycles. The Labute approximate surface area is 224 Å². The van der Waals surface area contributed by atoms with Crippen LogP contribution in [0.25, 0.3) is 0 Å². The molecule has 0 spiro atoms. The minimum Gasteiger partial charge on any atom is -0.465 e. The number of thiocarbonyl (C=S) groups is 1. The van der Waals surface area contributed by atoms with Crippen molar-refractivity contribution in [2.45, 2.75) is 30.6 Å². The SMILES string of the molecule is CCN(CC)C(=O)c1sc(NC(=S)Nc2ccccc2Sc2ccc(Cl)cc2)c(C(=O)OC)c1C. The van der Waals surface area contributed by atoms with Gasteiger partial charge >= 0.3 is 5.97 Å². The number of hydrogen-bond acceptors (Lipinski definition) is 6. The maximum atomic E-state index is 13.0. The molecule has 184 valence electrons. The molecular formula is C25H26ClN3O3S3. The van der Waals surface area contributed by atoms with E-state index in [-0.39, 0.29) is 5.91 Å². The lowest BCUT2D eigenvalue weighted by Crippen LogP contribution is -2.30. The maximum Gasteiger partial charge on any atom is 0.341 e. The van der Waals surface area contributed by atoms with Crippen LogP contribution in [0.3, 0.4) is 0 Å². The number of carbonyl (C=O) groups is 2. The molecule has 1 aromatic heterocycles. The minimum absolute atomic E-state index is 0.126. The Bertz CT molecular complexity index is 1220. The van der Waals surface area contributed by atoms with Gasteiger partial charge in [0.1, 0.15) is 5.00 Å². The van der Waals surface area contributed by atoms with E-state index in [1.54, 1.807) is 23.6 Å². The Morgan fingerprint density at radius 1 is 1.09 bits per heavy atom. The third kappa shape index (κ3) is 6.55. The zero-order valence-electron chi connectivity index (χ0n) is 19.8. The predicted octanol–water partition coefficient (Wildman–Crippen LogP) is 6.94. The molecule has 35 heavy (non-hydrogen) atoms. The number of esters is 1. The normalized spacial score (nSPS) is 10.5. The Kier molecular flexibility index (Phi) is 9.56. The number of thiophene rings is 1. The third-order valence-electron chi connectivity index (χ3n) is 5.18. The molecule has 0 bridgehead atoms. The smallest absolute Gasteiger partial charge is 0.341 e. The van der Waals surface area contributed by atoms with Gasteiger partial charge in [0, 0.05) is 27.9 Å². The number of halogens is 1. The summed E-state index contributed by atoms with van der Waals surface area (Å²) in [7, 11) is 1.32. The minimum atomic E-state index is -0.527. The van der Waals surface area contributed by atoms with Crippen molar-refractivity contribution in [1.29, 1.82) is 0 Å². The average molecular weight is 548 g/mol. The Morgan fingerprint density at radius 3 is 2.37 bits per heavy atom. The monoisotopic (exact) mass is 547 g/mol. The van der Waals surface area contributed by atoms with Crippen molar-refractivity contribution in [3.63, 3.8) is 0 Å². The van der Waals surface area contributed by atoms with E-state index in [1.165, 1.54) is 18.4 Å². The fourth-order valence-electron chi connectivity index (χ4n) is 3.35. The molecule has 0 aliphatic rings. The molecule has 0 aliphatic carbocycles. The highest BCUT2D eigenvalue weighted by atomic mass is 35.5. The summed E-state index contributed by atoms with van der Waals surface area (Å²) in [5.74, 6) is -0.652. The van der Waals surface area contributed by atoms with Crippen molar-refractivity contribution in [2.24, 2.45) is 0 Å². The number of carbonyl (C=O) groups excluding carboxylic acids is 2. The van der Waals surface area contributed by atoms with Crippen LogP contribution in [0.5, 0.6) is 0 Å². The van der Waals surface area contributed by atoms with Crippen molar-refractivity contribution < 1.29 is 14.3 Å². The van der Waals surface area contributed by atoms with Crippen molar-refractivity contribution >= 4 is 74.6 Å². The zero-order chi connectivity index (χ0) is 25.5. The van der Waals surface area contributed by atoms with Gasteiger partial charge in [0.2, 0.25) is 0 Å². The number of rotatable bonds is 8. The molecule has 0 atom stereocenters. The summed E-state index contributed by atoms with van der Waals surface area (Å²) in [6, 6.07) is 15.4. The molecule has 1 amide bonds. The van der Waals surface area contributed by atoms with Gasteiger partial charge in [-0.2, -0.15) is 0 Å². The molecule has 10 heteroatoms. The van der Waals surface area contributed by atoms with E-state index >= 15 is 0 Å². The standard InChI is InChI=1S/C25H26ClN3O3S3/c1-5-29(6-2)23(30)21-15(3)20(24(31)32-4)22(35-21)28-25(33)27-18-9-7-8-10-19(18)34-17-13-11-16(26)12-14-17/h7-14H,5-6H2,1-4H3,(H2,27,28,33). The fraction of sp³-hybridized carbons (Fsp3) is 0.240. The first-order valence-electron chi connectivity index (χ1n) is 10.9. The van der Waals surface area contributed by atoms with E-state index < -0.39 is 5.97 Å². The maximum absolute atomic E-state index is 13.0. The van der Waals surface area contributed by atoms with Crippen LogP contribution in [0.15, 0.2) is 58.3 Å². The Hall–Kier alpha value is -2.59. The highest BCUT2D eigenvalue weighted by Crippen LogP contribution is 2.36. The number of amides is 1. The number of nitrogens with zero attached hydrogens (tertiary/aromatic N) is 1. The van der Waals surface area contributed by atoms with E-state index in [4.69, 9.17) is 28.6 Å². The highest BCUT2D eigenvalue weighted by Gasteiger charge is 2.27. The first-order valence-corrected chi connectivity index (χ1v) is 13.3. The molecular weight excluding hydrogens is 522 g/mol. The summed E-state index contributed by atoms with van der Waals surface area (Å²) < 4.78 is 4.98. The first-order chi connectivity index (χ1) is 16.8. The molecule has 0 radical (unpaired) electrons. The fourth-order valence-corrected chi connectivity index (χ4v) is 5.82. The predicted molar refractivity (Wildman–Crippen MR) is 150 cm³/mol. The first kappa shape index (κ1) is 27.0. The lowest BCUT2D eigenvalue weighted by Gasteiger charge is -2.18. The summed E-state index contributed by atoms with van der Waals surface area (Å²) in [5, 5.41) is 7.75.